The van der Waals surface area contributed by atoms with Crippen LogP contribution in [0.3, 0.4) is 0 Å². The van der Waals surface area contributed by atoms with Crippen LogP contribution < -0.4 is 0 Å². The zero-order chi connectivity index (χ0) is 13.9. The minimum absolute atomic E-state index is 0.138. The van der Waals surface area contributed by atoms with Gasteiger partial charge in [-0.3, -0.25) is 0 Å². The van der Waals surface area contributed by atoms with Crippen molar-refractivity contribution < 1.29 is 8.42 Å². The molecule has 0 aliphatic carbocycles. The third-order valence-corrected chi connectivity index (χ3v) is 4.97. The number of hydrogen-bond acceptors (Lipinski definition) is 2. The minimum Gasteiger partial charge on any atom is -0.224 e. The molecule has 0 saturated carbocycles. The summed E-state index contributed by atoms with van der Waals surface area (Å²) in [7, 11) is -3.16. The Hall–Kier alpha value is -1.61. The molecule has 2 aromatic rings. The summed E-state index contributed by atoms with van der Waals surface area (Å²) in [5.74, 6) is 0.330. The highest BCUT2D eigenvalue weighted by Gasteiger charge is 2.16. The molecule has 0 saturated heterocycles. The maximum Gasteiger partial charge on any atom is 0.178 e. The molecule has 0 aliphatic rings. The molecule has 0 aliphatic heterocycles. The smallest absolute Gasteiger partial charge is 0.178 e. The van der Waals surface area contributed by atoms with Crippen molar-refractivity contribution in [2.75, 3.05) is 5.75 Å². The third-order valence-electron chi connectivity index (χ3n) is 2.87. The van der Waals surface area contributed by atoms with Gasteiger partial charge in [0.05, 0.1) is 10.6 Å². The van der Waals surface area contributed by atoms with Crippen molar-refractivity contribution in [3.05, 3.63) is 54.6 Å². The van der Waals surface area contributed by atoms with Crippen LogP contribution in [0, 0.1) is 5.92 Å². The van der Waals surface area contributed by atoms with Gasteiger partial charge in [0.25, 0.3) is 0 Å². The van der Waals surface area contributed by atoms with E-state index in [2.05, 4.69) is 0 Å². The molecule has 2 rings (SSSR count). The maximum atomic E-state index is 12.1. The Morgan fingerprint density at radius 2 is 1.37 bits per heavy atom. The lowest BCUT2D eigenvalue weighted by Gasteiger charge is -2.08. The molecule has 0 N–H and O–H groups in total. The number of sulfone groups is 1. The molecule has 2 aromatic carbocycles. The first kappa shape index (κ1) is 13.8. The molecular weight excluding hydrogens is 256 g/mol. The van der Waals surface area contributed by atoms with Crippen LogP contribution >= 0.6 is 0 Å². The Morgan fingerprint density at radius 3 is 1.89 bits per heavy atom. The number of hydrogen-bond donors (Lipinski definition) is 0. The third kappa shape index (κ3) is 3.44. The molecule has 0 atom stereocenters. The molecule has 0 fully saturated rings. The van der Waals surface area contributed by atoms with Crippen molar-refractivity contribution in [2.24, 2.45) is 5.92 Å². The van der Waals surface area contributed by atoms with Crippen molar-refractivity contribution in [2.45, 2.75) is 18.7 Å². The van der Waals surface area contributed by atoms with Crippen molar-refractivity contribution in [1.82, 2.24) is 0 Å². The second-order valence-electron chi connectivity index (χ2n) is 5.07. The summed E-state index contributed by atoms with van der Waals surface area (Å²) in [4.78, 5) is 0.404. The van der Waals surface area contributed by atoms with Crippen LogP contribution in [0.2, 0.25) is 0 Å². The summed E-state index contributed by atoms with van der Waals surface area (Å²) in [6.45, 7) is 3.83. The fraction of sp³-hybridized carbons (Fsp3) is 0.250. The van der Waals surface area contributed by atoms with Crippen LogP contribution in [0.1, 0.15) is 13.8 Å². The fourth-order valence-corrected chi connectivity index (χ4v) is 3.64. The molecular formula is C16H18O2S. The summed E-state index contributed by atoms with van der Waals surface area (Å²) in [6, 6.07) is 17.0. The van der Waals surface area contributed by atoms with Gasteiger partial charge >= 0.3 is 0 Å². The van der Waals surface area contributed by atoms with Crippen molar-refractivity contribution in [3.8, 4) is 11.1 Å². The average molecular weight is 274 g/mol. The van der Waals surface area contributed by atoms with Crippen LogP contribution in [0.4, 0.5) is 0 Å². The maximum absolute atomic E-state index is 12.1. The normalized spacial score (nSPS) is 11.7. The molecule has 0 unspecified atom stereocenters. The lowest BCUT2D eigenvalue weighted by molar-refractivity contribution is 0.582. The second-order valence-corrected chi connectivity index (χ2v) is 7.10. The Morgan fingerprint density at radius 1 is 0.842 bits per heavy atom. The highest BCUT2D eigenvalue weighted by atomic mass is 32.2. The van der Waals surface area contributed by atoms with Gasteiger partial charge < -0.3 is 0 Å². The number of rotatable bonds is 4. The van der Waals surface area contributed by atoms with E-state index in [4.69, 9.17) is 0 Å². The largest absolute Gasteiger partial charge is 0.224 e. The first-order valence-electron chi connectivity index (χ1n) is 6.37. The van der Waals surface area contributed by atoms with Gasteiger partial charge in [0.15, 0.2) is 9.84 Å². The number of benzene rings is 2. The highest BCUT2D eigenvalue weighted by Crippen LogP contribution is 2.22. The standard InChI is InChI=1S/C16H18O2S/c1-13(2)12-19(17,18)16-10-8-15(9-11-16)14-6-4-3-5-7-14/h3-11,13H,12H2,1-2H3. The Balaban J connectivity index is 2.29. The molecule has 3 heteroatoms. The summed E-state index contributed by atoms with van der Waals surface area (Å²) in [6.07, 6.45) is 0. The van der Waals surface area contributed by atoms with E-state index in [0.29, 0.717) is 4.90 Å². The van der Waals surface area contributed by atoms with Gasteiger partial charge in [0, 0.05) is 0 Å². The van der Waals surface area contributed by atoms with Crippen molar-refractivity contribution in [3.63, 3.8) is 0 Å². The van der Waals surface area contributed by atoms with Crippen LogP contribution in [0.5, 0.6) is 0 Å². The Kier molecular flexibility index (Phi) is 4.05. The monoisotopic (exact) mass is 274 g/mol. The van der Waals surface area contributed by atoms with Gasteiger partial charge in [-0.2, -0.15) is 0 Å². The molecule has 0 aromatic heterocycles. The van der Waals surface area contributed by atoms with Crippen LogP contribution in [-0.2, 0) is 9.84 Å². The van der Waals surface area contributed by atoms with E-state index in [-0.39, 0.29) is 11.7 Å². The predicted octanol–water partition coefficient (Wildman–Crippen LogP) is 3.78. The van der Waals surface area contributed by atoms with Gasteiger partial charge in [-0.1, -0.05) is 56.3 Å². The molecule has 0 bridgehead atoms. The minimum atomic E-state index is -3.16. The topological polar surface area (TPSA) is 34.1 Å². The zero-order valence-corrected chi connectivity index (χ0v) is 12.0. The quantitative estimate of drug-likeness (QED) is 0.850. The average Bonchev–Trinajstić information content (AvgIpc) is 2.38. The van der Waals surface area contributed by atoms with Gasteiger partial charge in [0.2, 0.25) is 0 Å². The Bertz CT molecular complexity index is 626. The van der Waals surface area contributed by atoms with E-state index in [1.165, 1.54) is 0 Å². The first-order valence-corrected chi connectivity index (χ1v) is 8.02. The van der Waals surface area contributed by atoms with Crippen LogP contribution in [-0.4, -0.2) is 14.2 Å². The lowest BCUT2D eigenvalue weighted by atomic mass is 10.1. The highest BCUT2D eigenvalue weighted by molar-refractivity contribution is 7.91. The van der Waals surface area contributed by atoms with Crippen LogP contribution in [0.25, 0.3) is 11.1 Å². The summed E-state index contributed by atoms with van der Waals surface area (Å²) < 4.78 is 24.2. The SMILES string of the molecule is CC(C)CS(=O)(=O)c1ccc(-c2ccccc2)cc1. The van der Waals surface area contributed by atoms with Crippen LogP contribution in [0.15, 0.2) is 59.5 Å². The second kappa shape index (κ2) is 5.57. The van der Waals surface area contributed by atoms with Gasteiger partial charge in [0.1, 0.15) is 0 Å². The molecule has 0 heterocycles. The Labute approximate surface area is 115 Å². The zero-order valence-electron chi connectivity index (χ0n) is 11.2. The van der Waals surface area contributed by atoms with Crippen molar-refractivity contribution in [1.29, 1.82) is 0 Å². The summed E-state index contributed by atoms with van der Waals surface area (Å²) in [5.41, 5.74) is 2.12. The fourth-order valence-electron chi connectivity index (χ4n) is 2.02. The van der Waals surface area contributed by atoms with Gasteiger partial charge in [-0.05, 0) is 29.2 Å². The van der Waals surface area contributed by atoms with E-state index in [0.717, 1.165) is 11.1 Å². The molecule has 100 valence electrons. The molecule has 2 nitrogen and oxygen atoms in total. The molecule has 0 spiro atoms. The first-order chi connectivity index (χ1) is 8.99. The lowest BCUT2D eigenvalue weighted by Crippen LogP contribution is -2.11. The molecule has 0 amide bonds. The van der Waals surface area contributed by atoms with Gasteiger partial charge in [-0.15, -0.1) is 0 Å². The van der Waals surface area contributed by atoms with E-state index < -0.39 is 9.84 Å². The van der Waals surface area contributed by atoms with Crippen molar-refractivity contribution >= 4 is 9.84 Å². The predicted molar refractivity (Wildman–Crippen MR) is 78.8 cm³/mol. The van der Waals surface area contributed by atoms with E-state index >= 15 is 0 Å². The molecule has 0 radical (unpaired) electrons. The van der Waals surface area contributed by atoms with E-state index in [1.807, 2.05) is 56.3 Å². The molecule has 19 heavy (non-hydrogen) atoms. The van der Waals surface area contributed by atoms with E-state index in [1.54, 1.807) is 12.1 Å². The summed E-state index contributed by atoms with van der Waals surface area (Å²) >= 11 is 0. The van der Waals surface area contributed by atoms with Gasteiger partial charge in [-0.25, -0.2) is 8.42 Å². The van der Waals surface area contributed by atoms with E-state index in [9.17, 15) is 8.42 Å². The summed E-state index contributed by atoms with van der Waals surface area (Å²) in [5, 5.41) is 0.